The Morgan fingerprint density at radius 1 is 1.78 bits per heavy atom. The van der Waals surface area contributed by atoms with Crippen LogP contribution >= 0.6 is 0 Å². The molecule has 0 aliphatic carbocycles. The SMILES string of the molecule is C=CO/C=C(\C)CCN. The fraction of sp³-hybridized carbons (Fsp3) is 0.429. The molecule has 2 nitrogen and oxygen atoms in total. The highest BCUT2D eigenvalue weighted by molar-refractivity contribution is 4.93. The standard InChI is InChI=1S/C7H13NO/c1-3-9-6-7(2)4-5-8/h3,6H,1,4-5,8H2,2H3/b7-6+. The molecule has 0 bridgehead atoms. The van der Waals surface area contributed by atoms with Gasteiger partial charge < -0.3 is 10.5 Å². The molecule has 0 aliphatic rings. The van der Waals surface area contributed by atoms with Gasteiger partial charge in [-0.2, -0.15) is 0 Å². The smallest absolute Gasteiger partial charge is 0.0890 e. The van der Waals surface area contributed by atoms with Crippen molar-refractivity contribution in [3.05, 3.63) is 24.7 Å². The molecule has 0 radical (unpaired) electrons. The van der Waals surface area contributed by atoms with Crippen LogP contribution in [0.15, 0.2) is 24.7 Å². The van der Waals surface area contributed by atoms with Crippen molar-refractivity contribution in [1.29, 1.82) is 0 Å². The molecule has 0 aliphatic heterocycles. The van der Waals surface area contributed by atoms with Gasteiger partial charge in [0.1, 0.15) is 0 Å². The van der Waals surface area contributed by atoms with Gasteiger partial charge in [-0.3, -0.25) is 0 Å². The predicted molar refractivity (Wildman–Crippen MR) is 38.7 cm³/mol. The quantitative estimate of drug-likeness (QED) is 0.579. The lowest BCUT2D eigenvalue weighted by molar-refractivity contribution is 0.398. The molecule has 0 spiro atoms. The Balaban J connectivity index is 3.42. The molecule has 9 heavy (non-hydrogen) atoms. The van der Waals surface area contributed by atoms with Gasteiger partial charge in [0.25, 0.3) is 0 Å². The molecule has 0 heterocycles. The Morgan fingerprint density at radius 2 is 2.44 bits per heavy atom. The molecule has 0 aromatic carbocycles. The van der Waals surface area contributed by atoms with Crippen LogP contribution in [0.1, 0.15) is 13.3 Å². The Morgan fingerprint density at radius 3 is 2.89 bits per heavy atom. The zero-order chi connectivity index (χ0) is 7.11. The van der Waals surface area contributed by atoms with Crippen molar-refractivity contribution in [2.75, 3.05) is 6.54 Å². The molecular formula is C7H13NO. The second-order valence-corrected chi connectivity index (χ2v) is 1.81. The van der Waals surface area contributed by atoms with E-state index in [1.165, 1.54) is 6.26 Å². The van der Waals surface area contributed by atoms with Gasteiger partial charge in [0.05, 0.1) is 12.5 Å². The first kappa shape index (κ1) is 8.24. The minimum atomic E-state index is 0.669. The lowest BCUT2D eigenvalue weighted by Crippen LogP contribution is -1.98. The van der Waals surface area contributed by atoms with Gasteiger partial charge in [-0.05, 0) is 25.5 Å². The maximum Gasteiger partial charge on any atom is 0.0890 e. The van der Waals surface area contributed by atoms with Crippen LogP contribution in [0.4, 0.5) is 0 Å². The number of ether oxygens (including phenoxy) is 1. The molecule has 2 heteroatoms. The van der Waals surface area contributed by atoms with Crippen molar-refractivity contribution in [3.8, 4) is 0 Å². The Hall–Kier alpha value is -0.760. The van der Waals surface area contributed by atoms with E-state index in [9.17, 15) is 0 Å². The average molecular weight is 127 g/mol. The first-order valence-electron chi connectivity index (χ1n) is 2.93. The normalized spacial score (nSPS) is 11.1. The van der Waals surface area contributed by atoms with Crippen LogP contribution in [0.3, 0.4) is 0 Å². The second kappa shape index (κ2) is 5.38. The topological polar surface area (TPSA) is 35.2 Å². The molecule has 0 saturated carbocycles. The fourth-order valence-electron chi connectivity index (χ4n) is 0.451. The maximum absolute atomic E-state index is 5.28. The van der Waals surface area contributed by atoms with E-state index in [1.807, 2.05) is 6.92 Å². The van der Waals surface area contributed by atoms with Crippen LogP contribution in [-0.4, -0.2) is 6.54 Å². The van der Waals surface area contributed by atoms with Gasteiger partial charge >= 0.3 is 0 Å². The number of rotatable bonds is 4. The summed E-state index contributed by atoms with van der Waals surface area (Å²) in [5.41, 5.74) is 6.42. The molecule has 0 atom stereocenters. The summed E-state index contributed by atoms with van der Waals surface area (Å²) in [6.45, 7) is 6.03. The van der Waals surface area contributed by atoms with E-state index in [0.29, 0.717) is 6.54 Å². The summed E-state index contributed by atoms with van der Waals surface area (Å²) >= 11 is 0. The van der Waals surface area contributed by atoms with Crippen LogP contribution < -0.4 is 5.73 Å². The average Bonchev–Trinajstić information content (AvgIpc) is 1.85. The number of hydrogen-bond acceptors (Lipinski definition) is 2. The largest absolute Gasteiger partial charge is 0.473 e. The van der Waals surface area contributed by atoms with Gasteiger partial charge in [0.2, 0.25) is 0 Å². The molecular weight excluding hydrogens is 114 g/mol. The lowest BCUT2D eigenvalue weighted by atomic mass is 10.2. The number of nitrogens with two attached hydrogens (primary N) is 1. The van der Waals surface area contributed by atoms with Gasteiger partial charge in [-0.1, -0.05) is 6.58 Å². The highest BCUT2D eigenvalue weighted by Crippen LogP contribution is 1.96. The Kier molecular flexibility index (Phi) is 4.92. The molecule has 0 fully saturated rings. The minimum absolute atomic E-state index is 0.669. The zero-order valence-corrected chi connectivity index (χ0v) is 5.76. The van der Waals surface area contributed by atoms with Crippen molar-refractivity contribution in [1.82, 2.24) is 0 Å². The summed E-state index contributed by atoms with van der Waals surface area (Å²) in [4.78, 5) is 0. The molecule has 0 saturated heterocycles. The minimum Gasteiger partial charge on any atom is -0.473 e. The van der Waals surface area contributed by atoms with Crippen LogP contribution in [-0.2, 0) is 4.74 Å². The Labute approximate surface area is 56.0 Å². The molecule has 0 aromatic rings. The van der Waals surface area contributed by atoms with Gasteiger partial charge in [0.15, 0.2) is 0 Å². The lowest BCUT2D eigenvalue weighted by Gasteiger charge is -1.95. The third kappa shape index (κ3) is 5.11. The van der Waals surface area contributed by atoms with Crippen molar-refractivity contribution in [2.24, 2.45) is 5.73 Å². The zero-order valence-electron chi connectivity index (χ0n) is 5.76. The summed E-state index contributed by atoms with van der Waals surface area (Å²) in [5, 5.41) is 0. The van der Waals surface area contributed by atoms with Gasteiger partial charge in [0, 0.05) is 0 Å². The fourth-order valence-corrected chi connectivity index (χ4v) is 0.451. The van der Waals surface area contributed by atoms with Crippen molar-refractivity contribution < 1.29 is 4.74 Å². The summed E-state index contributed by atoms with van der Waals surface area (Å²) in [5.74, 6) is 0. The van der Waals surface area contributed by atoms with Crippen molar-refractivity contribution >= 4 is 0 Å². The monoisotopic (exact) mass is 127 g/mol. The predicted octanol–water partition coefficient (Wildman–Crippen LogP) is 1.40. The summed E-state index contributed by atoms with van der Waals surface area (Å²) in [6.07, 6.45) is 3.92. The van der Waals surface area contributed by atoms with Gasteiger partial charge in [-0.25, -0.2) is 0 Å². The third-order valence-corrected chi connectivity index (χ3v) is 0.904. The molecule has 0 unspecified atom stereocenters. The summed E-state index contributed by atoms with van der Waals surface area (Å²) in [6, 6.07) is 0. The second-order valence-electron chi connectivity index (χ2n) is 1.81. The first-order chi connectivity index (χ1) is 4.31. The molecule has 0 rings (SSSR count). The molecule has 0 amide bonds. The first-order valence-corrected chi connectivity index (χ1v) is 2.93. The summed E-state index contributed by atoms with van der Waals surface area (Å²) in [7, 11) is 0. The van der Waals surface area contributed by atoms with Crippen LogP contribution in [0.5, 0.6) is 0 Å². The van der Waals surface area contributed by atoms with Crippen LogP contribution in [0, 0.1) is 0 Å². The molecule has 0 aromatic heterocycles. The third-order valence-electron chi connectivity index (χ3n) is 0.904. The van der Waals surface area contributed by atoms with E-state index in [2.05, 4.69) is 6.58 Å². The Bertz CT molecular complexity index is 107. The van der Waals surface area contributed by atoms with E-state index in [0.717, 1.165) is 12.0 Å². The van der Waals surface area contributed by atoms with E-state index >= 15 is 0 Å². The molecule has 52 valence electrons. The maximum atomic E-state index is 5.28. The molecule has 2 N–H and O–H groups in total. The van der Waals surface area contributed by atoms with E-state index in [-0.39, 0.29) is 0 Å². The van der Waals surface area contributed by atoms with Crippen LogP contribution in [0.25, 0.3) is 0 Å². The number of hydrogen-bond donors (Lipinski definition) is 1. The van der Waals surface area contributed by atoms with Gasteiger partial charge in [-0.15, -0.1) is 0 Å². The van der Waals surface area contributed by atoms with E-state index in [4.69, 9.17) is 10.5 Å². The highest BCUT2D eigenvalue weighted by atomic mass is 16.5. The van der Waals surface area contributed by atoms with Crippen molar-refractivity contribution in [2.45, 2.75) is 13.3 Å². The highest BCUT2D eigenvalue weighted by Gasteiger charge is 1.84. The van der Waals surface area contributed by atoms with Crippen molar-refractivity contribution in [3.63, 3.8) is 0 Å². The summed E-state index contributed by atoms with van der Waals surface area (Å²) < 4.78 is 4.79. The van der Waals surface area contributed by atoms with Crippen LogP contribution in [0.2, 0.25) is 0 Å². The van der Waals surface area contributed by atoms with E-state index in [1.54, 1.807) is 6.26 Å². The van der Waals surface area contributed by atoms with E-state index < -0.39 is 0 Å².